The van der Waals surface area contributed by atoms with Crippen LogP contribution in [-0.4, -0.2) is 52.6 Å². The van der Waals surface area contributed by atoms with Gasteiger partial charge in [0, 0.05) is 5.56 Å². The second-order valence-corrected chi connectivity index (χ2v) is 6.87. The van der Waals surface area contributed by atoms with Crippen LogP contribution in [0.4, 0.5) is 13.2 Å². The quantitative estimate of drug-likeness (QED) is 0.674. The normalized spacial score (nSPS) is 15.2. The summed E-state index contributed by atoms with van der Waals surface area (Å²) in [6, 6.07) is 6.48. The highest BCUT2D eigenvalue weighted by Crippen LogP contribution is 2.32. The van der Waals surface area contributed by atoms with Crippen LogP contribution in [-0.2, 0) is 15.8 Å². The van der Waals surface area contributed by atoms with Gasteiger partial charge >= 0.3 is 12.1 Å². The molecule has 1 unspecified atom stereocenters. The van der Waals surface area contributed by atoms with E-state index in [1.165, 1.54) is 11.8 Å². The Kier molecular flexibility index (Phi) is 5.92. The van der Waals surface area contributed by atoms with E-state index >= 15 is 0 Å². The van der Waals surface area contributed by atoms with Crippen LogP contribution in [0.1, 0.15) is 23.6 Å². The number of rotatable bonds is 6. The minimum atomic E-state index is -4.69. The maximum absolute atomic E-state index is 12.7. The molecule has 1 aliphatic heterocycles. The molecule has 1 amide bonds. The number of oxime groups is 1. The Balaban J connectivity index is 1.69. The molecule has 0 bridgehead atoms. The van der Waals surface area contributed by atoms with Crippen molar-refractivity contribution in [3.63, 3.8) is 0 Å². The molecular formula is C17H17F3N4O3S. The van der Waals surface area contributed by atoms with Gasteiger partial charge in [0.15, 0.2) is 0 Å². The van der Waals surface area contributed by atoms with Crippen LogP contribution < -0.4 is 0 Å². The second-order valence-electron chi connectivity index (χ2n) is 5.93. The number of thioether (sulfide) groups is 1. The SMILES string of the molecule is CCON=C1CN(C(=O)C(SC)c2ccc(-c3noc(C(F)(F)F)n3)cc2)C1. The number of aromatic nitrogens is 2. The molecule has 2 aromatic rings. The highest BCUT2D eigenvalue weighted by atomic mass is 32.2. The van der Waals surface area contributed by atoms with Crippen molar-refractivity contribution in [2.75, 3.05) is 26.0 Å². The molecule has 0 radical (unpaired) electrons. The monoisotopic (exact) mass is 414 g/mol. The molecule has 3 rings (SSSR count). The van der Waals surface area contributed by atoms with E-state index in [1.54, 1.807) is 29.2 Å². The molecule has 1 saturated heterocycles. The average molecular weight is 414 g/mol. The van der Waals surface area contributed by atoms with Gasteiger partial charge in [0.1, 0.15) is 11.9 Å². The zero-order valence-corrected chi connectivity index (χ0v) is 15.9. The summed E-state index contributed by atoms with van der Waals surface area (Å²) in [6.07, 6.45) is -2.87. The van der Waals surface area contributed by atoms with E-state index in [0.29, 0.717) is 25.3 Å². The molecule has 150 valence electrons. The first-order valence-corrected chi connectivity index (χ1v) is 9.62. The fourth-order valence-electron chi connectivity index (χ4n) is 2.57. The summed E-state index contributed by atoms with van der Waals surface area (Å²) in [5.74, 6) is -1.62. The predicted octanol–water partition coefficient (Wildman–Crippen LogP) is 3.39. The third-order valence-electron chi connectivity index (χ3n) is 3.98. The van der Waals surface area contributed by atoms with Crippen molar-refractivity contribution in [3.8, 4) is 11.4 Å². The number of nitrogens with zero attached hydrogens (tertiary/aromatic N) is 4. The van der Waals surface area contributed by atoms with Crippen LogP contribution >= 0.6 is 11.8 Å². The molecule has 0 spiro atoms. The van der Waals surface area contributed by atoms with Crippen molar-refractivity contribution in [3.05, 3.63) is 35.7 Å². The lowest BCUT2D eigenvalue weighted by Gasteiger charge is -2.34. The Hall–Kier alpha value is -2.56. The molecule has 1 aromatic heterocycles. The maximum Gasteiger partial charge on any atom is 0.471 e. The van der Waals surface area contributed by atoms with Gasteiger partial charge in [-0.2, -0.15) is 18.2 Å². The highest BCUT2D eigenvalue weighted by Gasteiger charge is 2.38. The Bertz CT molecular complexity index is 859. The number of carbonyl (C=O) groups is 1. The molecule has 0 aliphatic carbocycles. The molecule has 2 heterocycles. The molecule has 0 N–H and O–H groups in total. The number of alkyl halides is 3. The van der Waals surface area contributed by atoms with Crippen molar-refractivity contribution in [1.82, 2.24) is 15.0 Å². The van der Waals surface area contributed by atoms with Gasteiger partial charge in [0.2, 0.25) is 11.7 Å². The first kappa shape index (κ1) is 20.2. The van der Waals surface area contributed by atoms with E-state index in [1.807, 2.05) is 13.2 Å². The lowest BCUT2D eigenvalue weighted by atomic mass is 10.1. The molecule has 1 fully saturated rings. The van der Waals surface area contributed by atoms with Crippen LogP contribution in [0.25, 0.3) is 11.4 Å². The van der Waals surface area contributed by atoms with Crippen molar-refractivity contribution < 1.29 is 27.3 Å². The second kappa shape index (κ2) is 8.21. The molecule has 28 heavy (non-hydrogen) atoms. The van der Waals surface area contributed by atoms with Crippen molar-refractivity contribution in [1.29, 1.82) is 0 Å². The molecular weight excluding hydrogens is 397 g/mol. The summed E-state index contributed by atoms with van der Waals surface area (Å²) < 4.78 is 42.0. The topological polar surface area (TPSA) is 80.8 Å². The standard InChI is InChI=1S/C17H17F3N4O3S/c1-3-26-22-12-8-24(9-12)15(25)13(28-2)10-4-6-11(7-5-10)14-21-16(27-23-14)17(18,19)20/h4-7,13H,3,8-9H2,1-2H3. The number of benzene rings is 1. The summed E-state index contributed by atoms with van der Waals surface area (Å²) in [4.78, 5) is 22.7. The summed E-state index contributed by atoms with van der Waals surface area (Å²) in [7, 11) is 0. The lowest BCUT2D eigenvalue weighted by Crippen LogP contribution is -2.52. The summed E-state index contributed by atoms with van der Waals surface area (Å²) in [6.45, 7) is 3.16. The highest BCUT2D eigenvalue weighted by molar-refractivity contribution is 7.99. The predicted molar refractivity (Wildman–Crippen MR) is 96.6 cm³/mol. The van der Waals surface area contributed by atoms with Crippen LogP contribution in [0.15, 0.2) is 33.9 Å². The van der Waals surface area contributed by atoms with Crippen molar-refractivity contribution in [2.45, 2.75) is 18.3 Å². The largest absolute Gasteiger partial charge is 0.471 e. The van der Waals surface area contributed by atoms with Gasteiger partial charge in [0.25, 0.3) is 0 Å². The van der Waals surface area contributed by atoms with E-state index in [4.69, 9.17) is 4.84 Å². The van der Waals surface area contributed by atoms with Gasteiger partial charge in [-0.05, 0) is 18.7 Å². The van der Waals surface area contributed by atoms with Crippen LogP contribution in [0.5, 0.6) is 0 Å². The van der Waals surface area contributed by atoms with Gasteiger partial charge in [-0.1, -0.05) is 34.6 Å². The Labute approximate surface area is 162 Å². The first-order valence-electron chi connectivity index (χ1n) is 8.34. The van der Waals surface area contributed by atoms with Crippen LogP contribution in [0.2, 0.25) is 0 Å². The summed E-state index contributed by atoms with van der Waals surface area (Å²) in [5.41, 5.74) is 1.91. The van der Waals surface area contributed by atoms with Crippen molar-refractivity contribution >= 4 is 23.4 Å². The Morgan fingerprint density at radius 2 is 2.04 bits per heavy atom. The average Bonchev–Trinajstić information content (AvgIpc) is 3.12. The number of carbonyl (C=O) groups excluding carboxylic acids is 1. The van der Waals surface area contributed by atoms with Gasteiger partial charge in [0.05, 0.1) is 18.8 Å². The number of amides is 1. The molecule has 1 aliphatic rings. The van der Waals surface area contributed by atoms with Crippen LogP contribution in [0, 0.1) is 0 Å². The summed E-state index contributed by atoms with van der Waals surface area (Å²) in [5, 5.41) is 6.84. The van der Waals surface area contributed by atoms with Gasteiger partial charge in [-0.15, -0.1) is 11.8 Å². The number of likely N-dealkylation sites (tertiary alicyclic amines) is 1. The number of halogens is 3. The number of hydrogen-bond acceptors (Lipinski definition) is 7. The molecule has 1 aromatic carbocycles. The zero-order valence-electron chi connectivity index (χ0n) is 15.1. The van der Waals surface area contributed by atoms with Gasteiger partial charge in [-0.25, -0.2) is 0 Å². The van der Waals surface area contributed by atoms with Crippen molar-refractivity contribution in [2.24, 2.45) is 5.16 Å². The minimum Gasteiger partial charge on any atom is -0.396 e. The zero-order chi connectivity index (χ0) is 20.3. The Morgan fingerprint density at radius 1 is 1.36 bits per heavy atom. The number of hydrogen-bond donors (Lipinski definition) is 0. The third-order valence-corrected chi connectivity index (χ3v) is 4.93. The lowest BCUT2D eigenvalue weighted by molar-refractivity contribution is -0.159. The molecule has 7 nitrogen and oxygen atoms in total. The van der Waals surface area contributed by atoms with E-state index in [2.05, 4.69) is 19.8 Å². The fourth-order valence-corrected chi connectivity index (χ4v) is 3.35. The molecule has 11 heteroatoms. The molecule has 1 atom stereocenters. The van der Waals surface area contributed by atoms with Crippen LogP contribution in [0.3, 0.4) is 0 Å². The van der Waals surface area contributed by atoms with E-state index in [0.717, 1.165) is 11.3 Å². The summed E-state index contributed by atoms with van der Waals surface area (Å²) >= 11 is 1.38. The van der Waals surface area contributed by atoms with E-state index in [-0.39, 0.29) is 11.7 Å². The van der Waals surface area contributed by atoms with Gasteiger partial charge in [-0.3, -0.25) is 4.79 Å². The third kappa shape index (κ3) is 4.29. The Morgan fingerprint density at radius 3 is 2.57 bits per heavy atom. The van der Waals surface area contributed by atoms with E-state index in [9.17, 15) is 18.0 Å². The molecule has 0 saturated carbocycles. The minimum absolute atomic E-state index is 0.0605. The van der Waals surface area contributed by atoms with Gasteiger partial charge < -0.3 is 14.3 Å². The van der Waals surface area contributed by atoms with E-state index < -0.39 is 17.3 Å². The maximum atomic E-state index is 12.7. The fraction of sp³-hybridized carbons (Fsp3) is 0.412. The smallest absolute Gasteiger partial charge is 0.396 e. The first-order chi connectivity index (χ1) is 13.3.